The van der Waals surface area contributed by atoms with Crippen LogP contribution in [0.5, 0.6) is 5.75 Å². The first-order valence-corrected chi connectivity index (χ1v) is 7.83. The van der Waals surface area contributed by atoms with Crippen molar-refractivity contribution in [2.45, 2.75) is 13.1 Å². The summed E-state index contributed by atoms with van der Waals surface area (Å²) in [6, 6.07) is 6.00. The highest BCUT2D eigenvalue weighted by Crippen LogP contribution is 2.35. The number of rotatable bonds is 3. The minimum Gasteiger partial charge on any atom is -0.496 e. The van der Waals surface area contributed by atoms with Crippen LogP contribution in [0.2, 0.25) is 5.02 Å². The Balaban J connectivity index is 2.41. The third-order valence-corrected chi connectivity index (χ3v) is 4.02. The van der Waals surface area contributed by atoms with Crippen molar-refractivity contribution >= 4 is 39.1 Å². The van der Waals surface area contributed by atoms with E-state index in [1.165, 1.54) is 13.2 Å². The molecule has 0 spiro atoms. The number of alkyl halides is 3. The van der Waals surface area contributed by atoms with Crippen LogP contribution >= 0.6 is 27.5 Å². The van der Waals surface area contributed by atoms with E-state index in [2.05, 4.69) is 21.2 Å². The lowest BCUT2D eigenvalue weighted by molar-refractivity contribution is -0.137. The smallest absolute Gasteiger partial charge is 0.416 e. The molecule has 0 aromatic heterocycles. The zero-order valence-electron chi connectivity index (χ0n) is 12.6. The molecule has 8 heteroatoms. The van der Waals surface area contributed by atoms with Gasteiger partial charge in [-0.2, -0.15) is 13.2 Å². The Labute approximate surface area is 149 Å². The van der Waals surface area contributed by atoms with Gasteiger partial charge in [0.25, 0.3) is 5.91 Å². The van der Waals surface area contributed by atoms with E-state index in [1.807, 2.05) is 0 Å². The predicted molar refractivity (Wildman–Crippen MR) is 89.8 cm³/mol. The molecule has 0 heterocycles. The number of methoxy groups -OCH3 is 1. The molecule has 0 saturated carbocycles. The molecule has 2 aromatic rings. The molecule has 0 aliphatic carbocycles. The Kier molecular flexibility index (Phi) is 5.45. The number of anilines is 1. The molecule has 2 rings (SSSR count). The van der Waals surface area contributed by atoms with Gasteiger partial charge in [0.2, 0.25) is 0 Å². The van der Waals surface area contributed by atoms with Gasteiger partial charge in [-0.3, -0.25) is 4.79 Å². The van der Waals surface area contributed by atoms with Gasteiger partial charge in [0.1, 0.15) is 5.75 Å². The second-order valence-corrected chi connectivity index (χ2v) is 6.27. The second kappa shape index (κ2) is 7.03. The van der Waals surface area contributed by atoms with E-state index in [-0.39, 0.29) is 16.3 Å². The highest BCUT2D eigenvalue weighted by atomic mass is 79.9. The Bertz CT molecular complexity index is 794. The quantitative estimate of drug-likeness (QED) is 0.690. The van der Waals surface area contributed by atoms with Gasteiger partial charge in [0, 0.05) is 4.47 Å². The Morgan fingerprint density at radius 1 is 1.25 bits per heavy atom. The first-order valence-electron chi connectivity index (χ1n) is 6.65. The van der Waals surface area contributed by atoms with E-state index < -0.39 is 17.6 Å². The number of ether oxygens (including phenoxy) is 1. The van der Waals surface area contributed by atoms with Crippen molar-refractivity contribution < 1.29 is 22.7 Å². The van der Waals surface area contributed by atoms with Crippen LogP contribution in [-0.2, 0) is 6.18 Å². The topological polar surface area (TPSA) is 38.3 Å². The van der Waals surface area contributed by atoms with Crippen LogP contribution in [0.3, 0.4) is 0 Å². The molecule has 0 bridgehead atoms. The maximum atomic E-state index is 12.8. The fourth-order valence-electron chi connectivity index (χ4n) is 2.16. The van der Waals surface area contributed by atoms with Crippen molar-refractivity contribution in [3.63, 3.8) is 0 Å². The monoisotopic (exact) mass is 421 g/mol. The number of hydrogen-bond acceptors (Lipinski definition) is 2. The number of aryl methyl sites for hydroxylation is 1. The van der Waals surface area contributed by atoms with Crippen LogP contribution in [-0.4, -0.2) is 13.0 Å². The number of hydrogen-bond donors (Lipinski definition) is 1. The number of benzene rings is 2. The van der Waals surface area contributed by atoms with Crippen molar-refractivity contribution in [2.75, 3.05) is 12.4 Å². The average Bonchev–Trinajstić information content (AvgIpc) is 2.47. The van der Waals surface area contributed by atoms with Crippen LogP contribution in [0.4, 0.5) is 18.9 Å². The van der Waals surface area contributed by atoms with Gasteiger partial charge in [0.15, 0.2) is 0 Å². The summed E-state index contributed by atoms with van der Waals surface area (Å²) in [6.07, 6.45) is -4.53. The highest BCUT2D eigenvalue weighted by Gasteiger charge is 2.31. The lowest BCUT2D eigenvalue weighted by Gasteiger charge is -2.14. The van der Waals surface area contributed by atoms with Gasteiger partial charge in [-0.25, -0.2) is 0 Å². The first kappa shape index (κ1) is 18.6. The molecular weight excluding hydrogens is 411 g/mol. The third kappa shape index (κ3) is 4.02. The molecule has 0 unspecified atom stereocenters. The van der Waals surface area contributed by atoms with Crippen molar-refractivity contribution in [3.05, 3.63) is 56.5 Å². The van der Waals surface area contributed by atoms with Gasteiger partial charge >= 0.3 is 6.18 Å². The van der Waals surface area contributed by atoms with Gasteiger partial charge < -0.3 is 10.1 Å². The van der Waals surface area contributed by atoms with Crippen LogP contribution < -0.4 is 10.1 Å². The molecule has 0 aliphatic heterocycles. The maximum Gasteiger partial charge on any atom is 0.416 e. The van der Waals surface area contributed by atoms with Gasteiger partial charge in [0.05, 0.1) is 28.9 Å². The summed E-state index contributed by atoms with van der Waals surface area (Å²) in [5.74, 6) is -0.295. The molecule has 1 N–H and O–H groups in total. The Morgan fingerprint density at radius 2 is 1.92 bits per heavy atom. The maximum absolute atomic E-state index is 12.8. The Hall–Kier alpha value is -1.73. The number of carbonyl (C=O) groups is 1. The molecule has 128 valence electrons. The number of halogens is 5. The Morgan fingerprint density at radius 3 is 2.50 bits per heavy atom. The predicted octanol–water partition coefficient (Wildman–Crippen LogP) is 5.69. The first-order chi connectivity index (χ1) is 11.1. The number of amides is 1. The SMILES string of the molecule is COc1c(C)cc(Br)cc1C(=O)Nc1cc(C(F)(F)F)ccc1Cl. The minimum absolute atomic E-state index is 0.00188. The summed E-state index contributed by atoms with van der Waals surface area (Å²) in [7, 11) is 1.41. The number of carbonyl (C=O) groups excluding carboxylic acids is 1. The number of nitrogens with one attached hydrogen (secondary N) is 1. The molecule has 2 aromatic carbocycles. The molecule has 0 aliphatic rings. The van der Waals surface area contributed by atoms with Gasteiger partial charge in [-0.15, -0.1) is 0 Å². The molecule has 0 atom stereocenters. The van der Waals surface area contributed by atoms with E-state index in [0.29, 0.717) is 15.8 Å². The molecule has 24 heavy (non-hydrogen) atoms. The molecule has 1 amide bonds. The largest absolute Gasteiger partial charge is 0.496 e. The third-order valence-electron chi connectivity index (χ3n) is 3.23. The molecule has 0 saturated heterocycles. The second-order valence-electron chi connectivity index (χ2n) is 4.95. The van der Waals surface area contributed by atoms with Gasteiger partial charge in [-0.1, -0.05) is 27.5 Å². The summed E-state index contributed by atoms with van der Waals surface area (Å²) in [5, 5.41) is 2.40. The summed E-state index contributed by atoms with van der Waals surface area (Å²) in [6.45, 7) is 1.75. The van der Waals surface area contributed by atoms with E-state index in [0.717, 1.165) is 18.2 Å². The minimum atomic E-state index is -4.53. The van der Waals surface area contributed by atoms with Crippen molar-refractivity contribution in [1.29, 1.82) is 0 Å². The van der Waals surface area contributed by atoms with Crippen LogP contribution in [0, 0.1) is 6.92 Å². The summed E-state index contributed by atoms with van der Waals surface area (Å²) in [5.41, 5.74) is -0.152. The zero-order valence-corrected chi connectivity index (χ0v) is 14.9. The van der Waals surface area contributed by atoms with Crippen molar-refractivity contribution in [1.82, 2.24) is 0 Å². The van der Waals surface area contributed by atoms with Crippen molar-refractivity contribution in [2.24, 2.45) is 0 Å². The fourth-order valence-corrected chi connectivity index (χ4v) is 2.89. The van der Waals surface area contributed by atoms with E-state index in [9.17, 15) is 18.0 Å². The summed E-state index contributed by atoms with van der Waals surface area (Å²) < 4.78 is 44.3. The van der Waals surface area contributed by atoms with Crippen LogP contribution in [0.15, 0.2) is 34.8 Å². The van der Waals surface area contributed by atoms with Crippen LogP contribution in [0.25, 0.3) is 0 Å². The standard InChI is InChI=1S/C16H12BrClF3NO2/c1-8-5-10(17)7-11(14(8)24-2)15(23)22-13-6-9(16(19,20)21)3-4-12(13)18/h3-7H,1-2H3,(H,22,23). The summed E-state index contributed by atoms with van der Waals surface area (Å²) >= 11 is 9.16. The van der Waals surface area contributed by atoms with E-state index in [4.69, 9.17) is 16.3 Å². The zero-order chi connectivity index (χ0) is 18.1. The van der Waals surface area contributed by atoms with Crippen molar-refractivity contribution in [3.8, 4) is 5.75 Å². The molecular formula is C16H12BrClF3NO2. The highest BCUT2D eigenvalue weighted by molar-refractivity contribution is 9.10. The summed E-state index contributed by atoms with van der Waals surface area (Å²) in [4.78, 5) is 12.5. The van der Waals surface area contributed by atoms with E-state index >= 15 is 0 Å². The fraction of sp³-hybridized carbons (Fsp3) is 0.188. The van der Waals surface area contributed by atoms with E-state index in [1.54, 1.807) is 13.0 Å². The molecule has 3 nitrogen and oxygen atoms in total. The average molecular weight is 423 g/mol. The lowest BCUT2D eigenvalue weighted by atomic mass is 10.1. The molecule has 0 radical (unpaired) electrons. The lowest BCUT2D eigenvalue weighted by Crippen LogP contribution is -2.15. The van der Waals surface area contributed by atoms with Crippen LogP contribution in [0.1, 0.15) is 21.5 Å². The molecule has 0 fully saturated rings. The van der Waals surface area contributed by atoms with Gasteiger partial charge in [-0.05, 0) is 42.8 Å². The normalized spacial score (nSPS) is 11.3.